The number of rotatable bonds is 7. The molecule has 0 saturated carbocycles. The summed E-state index contributed by atoms with van der Waals surface area (Å²) >= 11 is 5.89. The third-order valence-electron chi connectivity index (χ3n) is 2.86. The van der Waals surface area contributed by atoms with Crippen molar-refractivity contribution in [1.29, 1.82) is 0 Å². The molecule has 0 bridgehead atoms. The molecular formula is C15H21ClN2O4. The predicted molar refractivity (Wildman–Crippen MR) is 84.1 cm³/mol. The van der Waals surface area contributed by atoms with Crippen molar-refractivity contribution in [2.24, 2.45) is 5.41 Å². The molecule has 1 aromatic heterocycles. The zero-order valence-corrected chi connectivity index (χ0v) is 14.0. The van der Waals surface area contributed by atoms with Crippen LogP contribution in [-0.2, 0) is 14.3 Å². The molecule has 0 spiro atoms. The van der Waals surface area contributed by atoms with E-state index in [1.807, 2.05) is 20.8 Å². The molecule has 1 aromatic rings. The second-order valence-electron chi connectivity index (χ2n) is 5.58. The molecule has 122 valence electrons. The molecule has 1 amide bonds. The van der Waals surface area contributed by atoms with Crippen molar-refractivity contribution >= 4 is 29.2 Å². The van der Waals surface area contributed by atoms with Crippen molar-refractivity contribution in [2.75, 3.05) is 19.0 Å². The Morgan fingerprint density at radius 2 is 2.05 bits per heavy atom. The molecule has 6 nitrogen and oxygen atoms in total. The second-order valence-corrected chi connectivity index (χ2v) is 6.02. The van der Waals surface area contributed by atoms with Gasteiger partial charge in [-0.05, 0) is 18.4 Å². The lowest BCUT2D eigenvalue weighted by atomic mass is 9.85. The number of ether oxygens (including phenoxy) is 2. The van der Waals surface area contributed by atoms with Gasteiger partial charge in [0.1, 0.15) is 5.69 Å². The molecule has 0 saturated heterocycles. The number of nitrogens with one attached hydrogen (secondary N) is 1. The number of amides is 1. The minimum atomic E-state index is -0.519. The van der Waals surface area contributed by atoms with Crippen molar-refractivity contribution in [1.82, 2.24) is 4.98 Å². The van der Waals surface area contributed by atoms with Crippen LogP contribution >= 0.6 is 11.6 Å². The van der Waals surface area contributed by atoms with Crippen molar-refractivity contribution in [3.63, 3.8) is 0 Å². The van der Waals surface area contributed by atoms with Gasteiger partial charge in [0.25, 0.3) is 0 Å². The van der Waals surface area contributed by atoms with Crippen LogP contribution in [-0.4, -0.2) is 30.6 Å². The minimum Gasteiger partial charge on any atom is -0.476 e. The fourth-order valence-electron chi connectivity index (χ4n) is 1.92. The summed E-state index contributed by atoms with van der Waals surface area (Å²) in [7, 11) is 1.32. The van der Waals surface area contributed by atoms with Gasteiger partial charge >= 0.3 is 5.97 Å². The van der Waals surface area contributed by atoms with Crippen LogP contribution in [0.2, 0.25) is 5.02 Å². The number of carbonyl (C=O) groups is 2. The van der Waals surface area contributed by atoms with Gasteiger partial charge in [0, 0.05) is 12.6 Å². The molecule has 22 heavy (non-hydrogen) atoms. The summed E-state index contributed by atoms with van der Waals surface area (Å²) in [6.07, 6.45) is 1.76. The zero-order chi connectivity index (χ0) is 16.8. The minimum absolute atomic E-state index is 0.153. The number of hydrogen-bond donors (Lipinski definition) is 1. The Kier molecular flexibility index (Phi) is 6.61. The first-order valence-corrected chi connectivity index (χ1v) is 7.30. The van der Waals surface area contributed by atoms with Gasteiger partial charge in [-0.3, -0.25) is 9.59 Å². The van der Waals surface area contributed by atoms with E-state index in [1.54, 1.807) is 6.07 Å². The summed E-state index contributed by atoms with van der Waals surface area (Å²) in [6.45, 7) is 5.89. The first-order valence-electron chi connectivity index (χ1n) is 6.92. The lowest BCUT2D eigenvalue weighted by molar-refractivity contribution is -0.143. The Bertz CT molecular complexity index is 546. The number of carbonyl (C=O) groups excluding carboxylic acids is 2. The van der Waals surface area contributed by atoms with Crippen molar-refractivity contribution in [3.05, 3.63) is 17.3 Å². The maximum atomic E-state index is 12.2. The standard InChI is InChI=1S/C15H21ClN2O4/c1-5-22-14-11(6-10(16)9-17-14)18-12(19)7-15(2,3)8-13(20)21-4/h6,9H,5,7-8H2,1-4H3,(H,18,19). The van der Waals surface area contributed by atoms with Crippen LogP contribution in [0.25, 0.3) is 0 Å². The van der Waals surface area contributed by atoms with E-state index in [0.29, 0.717) is 23.2 Å². The summed E-state index contributed by atoms with van der Waals surface area (Å²) in [5.74, 6) is -0.290. The van der Waals surface area contributed by atoms with E-state index >= 15 is 0 Å². The first-order chi connectivity index (χ1) is 10.3. The highest BCUT2D eigenvalue weighted by Gasteiger charge is 2.26. The van der Waals surface area contributed by atoms with E-state index in [1.165, 1.54) is 13.3 Å². The Morgan fingerprint density at radius 3 is 2.64 bits per heavy atom. The third-order valence-corrected chi connectivity index (χ3v) is 3.07. The first kappa shape index (κ1) is 18.2. The molecule has 0 fully saturated rings. The summed E-state index contributed by atoms with van der Waals surface area (Å²) in [4.78, 5) is 27.6. The van der Waals surface area contributed by atoms with Gasteiger partial charge in [-0.2, -0.15) is 0 Å². The largest absolute Gasteiger partial charge is 0.476 e. The Balaban J connectivity index is 2.76. The van der Waals surface area contributed by atoms with Gasteiger partial charge < -0.3 is 14.8 Å². The molecule has 1 heterocycles. The summed E-state index contributed by atoms with van der Waals surface area (Å²) in [5, 5.41) is 3.12. The summed E-state index contributed by atoms with van der Waals surface area (Å²) in [6, 6.07) is 1.57. The fraction of sp³-hybridized carbons (Fsp3) is 0.533. The van der Waals surface area contributed by atoms with Crippen LogP contribution in [0.4, 0.5) is 5.69 Å². The molecule has 0 aromatic carbocycles. The zero-order valence-electron chi connectivity index (χ0n) is 13.2. The highest BCUT2D eigenvalue weighted by Crippen LogP contribution is 2.29. The van der Waals surface area contributed by atoms with Gasteiger partial charge in [0.2, 0.25) is 11.8 Å². The van der Waals surface area contributed by atoms with Crippen LogP contribution in [0, 0.1) is 5.41 Å². The van der Waals surface area contributed by atoms with E-state index in [4.69, 9.17) is 16.3 Å². The lowest BCUT2D eigenvalue weighted by Crippen LogP contribution is -2.25. The maximum absolute atomic E-state index is 12.2. The van der Waals surface area contributed by atoms with E-state index in [0.717, 1.165) is 0 Å². The highest BCUT2D eigenvalue weighted by atomic mass is 35.5. The number of anilines is 1. The van der Waals surface area contributed by atoms with Crippen LogP contribution < -0.4 is 10.1 Å². The summed E-state index contributed by atoms with van der Waals surface area (Å²) in [5.41, 5.74) is -0.109. The molecule has 0 aliphatic rings. The van der Waals surface area contributed by atoms with Gasteiger partial charge in [-0.1, -0.05) is 25.4 Å². The molecule has 0 atom stereocenters. The van der Waals surface area contributed by atoms with Crippen LogP contribution in [0.1, 0.15) is 33.6 Å². The van der Waals surface area contributed by atoms with E-state index in [9.17, 15) is 9.59 Å². The van der Waals surface area contributed by atoms with Crippen LogP contribution in [0.3, 0.4) is 0 Å². The average Bonchev–Trinajstić information content (AvgIpc) is 2.40. The lowest BCUT2D eigenvalue weighted by Gasteiger charge is -2.22. The Labute approximate surface area is 135 Å². The normalized spacial score (nSPS) is 11.0. The monoisotopic (exact) mass is 328 g/mol. The van der Waals surface area contributed by atoms with E-state index in [2.05, 4.69) is 15.0 Å². The number of hydrogen-bond acceptors (Lipinski definition) is 5. The quantitative estimate of drug-likeness (QED) is 0.778. The number of nitrogens with zero attached hydrogens (tertiary/aromatic N) is 1. The maximum Gasteiger partial charge on any atom is 0.306 e. The Morgan fingerprint density at radius 1 is 1.36 bits per heavy atom. The van der Waals surface area contributed by atoms with Crippen LogP contribution in [0.15, 0.2) is 12.3 Å². The molecule has 1 N–H and O–H groups in total. The van der Waals surface area contributed by atoms with Crippen molar-refractivity contribution < 1.29 is 19.1 Å². The Hall–Kier alpha value is -1.82. The molecule has 0 radical (unpaired) electrons. The predicted octanol–water partition coefficient (Wildman–Crippen LogP) is 3.05. The van der Waals surface area contributed by atoms with Gasteiger partial charge in [0.15, 0.2) is 0 Å². The number of esters is 1. The van der Waals surface area contributed by atoms with E-state index in [-0.39, 0.29) is 24.7 Å². The van der Waals surface area contributed by atoms with Gasteiger partial charge in [-0.25, -0.2) is 4.98 Å². The average molecular weight is 329 g/mol. The highest BCUT2D eigenvalue weighted by molar-refractivity contribution is 6.30. The van der Waals surface area contributed by atoms with Gasteiger partial charge in [-0.15, -0.1) is 0 Å². The molecular weight excluding hydrogens is 308 g/mol. The number of pyridine rings is 1. The molecule has 0 unspecified atom stereocenters. The molecule has 0 aliphatic carbocycles. The smallest absolute Gasteiger partial charge is 0.306 e. The summed E-state index contributed by atoms with van der Waals surface area (Å²) < 4.78 is 9.98. The van der Waals surface area contributed by atoms with E-state index < -0.39 is 5.41 Å². The topological polar surface area (TPSA) is 77.5 Å². The number of halogens is 1. The number of methoxy groups -OCH3 is 1. The second kappa shape index (κ2) is 7.98. The van der Waals surface area contributed by atoms with Crippen molar-refractivity contribution in [2.45, 2.75) is 33.6 Å². The van der Waals surface area contributed by atoms with Crippen LogP contribution in [0.5, 0.6) is 5.88 Å². The third kappa shape index (κ3) is 5.89. The SMILES string of the molecule is CCOc1ncc(Cl)cc1NC(=O)CC(C)(C)CC(=O)OC. The fourth-order valence-corrected chi connectivity index (χ4v) is 2.08. The molecule has 1 rings (SSSR count). The molecule has 7 heteroatoms. The molecule has 0 aliphatic heterocycles. The number of aromatic nitrogens is 1. The van der Waals surface area contributed by atoms with Crippen molar-refractivity contribution in [3.8, 4) is 5.88 Å². The van der Waals surface area contributed by atoms with Gasteiger partial charge in [0.05, 0.1) is 25.2 Å².